The van der Waals surface area contributed by atoms with Gasteiger partial charge in [0.1, 0.15) is 0 Å². The summed E-state index contributed by atoms with van der Waals surface area (Å²) in [5.41, 5.74) is 2.81. The maximum absolute atomic E-state index is 12.5. The van der Waals surface area contributed by atoms with Crippen molar-refractivity contribution < 1.29 is 14.3 Å². The Morgan fingerprint density at radius 3 is 2.68 bits per heavy atom. The second-order valence-electron chi connectivity index (χ2n) is 6.78. The van der Waals surface area contributed by atoms with Gasteiger partial charge >= 0.3 is 5.69 Å². The second-order valence-corrected chi connectivity index (χ2v) is 7.19. The molecule has 0 atom stereocenters. The summed E-state index contributed by atoms with van der Waals surface area (Å²) in [6, 6.07) is 8.89. The molecule has 0 aliphatic carbocycles. The number of hydrogen-bond acceptors (Lipinski definition) is 4. The van der Waals surface area contributed by atoms with Crippen LogP contribution in [0.2, 0.25) is 5.02 Å². The highest BCUT2D eigenvalue weighted by Crippen LogP contribution is 2.38. The maximum atomic E-state index is 12.5. The molecule has 0 saturated carbocycles. The Labute approximate surface area is 166 Å². The molecule has 3 aromatic rings. The van der Waals surface area contributed by atoms with Crippen molar-refractivity contribution in [3.05, 3.63) is 51.4 Å². The van der Waals surface area contributed by atoms with Crippen LogP contribution >= 0.6 is 11.6 Å². The standard InChI is InChI=1S/C20H20ClN3O4/c1-23-15-5-4-13(11-16(15)24(2)20(23)26)22-18(25)10-12-8-14(21)19-17(9-12)27-6-3-7-28-19/h4-5,8-9,11H,3,6-7,10H2,1-2H3,(H,22,25). The number of nitrogens with one attached hydrogen (secondary N) is 1. The Kier molecular flexibility index (Phi) is 4.77. The van der Waals surface area contributed by atoms with Gasteiger partial charge in [-0.3, -0.25) is 13.9 Å². The first-order valence-electron chi connectivity index (χ1n) is 8.97. The molecule has 0 bridgehead atoms. The Hall–Kier alpha value is -2.93. The predicted molar refractivity (Wildman–Crippen MR) is 108 cm³/mol. The van der Waals surface area contributed by atoms with Crippen LogP contribution in [0, 0.1) is 0 Å². The summed E-state index contributed by atoms with van der Waals surface area (Å²) in [5.74, 6) is 0.901. The molecule has 2 aromatic carbocycles. The number of hydrogen-bond donors (Lipinski definition) is 1. The third-order valence-corrected chi connectivity index (χ3v) is 5.06. The smallest absolute Gasteiger partial charge is 0.328 e. The van der Waals surface area contributed by atoms with E-state index in [2.05, 4.69) is 5.32 Å². The van der Waals surface area contributed by atoms with Crippen molar-refractivity contribution in [3.8, 4) is 11.5 Å². The first-order valence-corrected chi connectivity index (χ1v) is 9.35. The van der Waals surface area contributed by atoms with Crippen LogP contribution in [0.4, 0.5) is 5.69 Å². The van der Waals surface area contributed by atoms with E-state index < -0.39 is 0 Å². The van der Waals surface area contributed by atoms with Gasteiger partial charge in [-0.15, -0.1) is 0 Å². The van der Waals surface area contributed by atoms with Crippen molar-refractivity contribution in [3.63, 3.8) is 0 Å². The van der Waals surface area contributed by atoms with E-state index in [1.807, 2.05) is 6.07 Å². The predicted octanol–water partition coefficient (Wildman–Crippen LogP) is 2.87. The van der Waals surface area contributed by atoms with Crippen molar-refractivity contribution in [1.29, 1.82) is 0 Å². The Morgan fingerprint density at radius 2 is 1.86 bits per heavy atom. The quantitative estimate of drug-likeness (QED) is 0.732. The van der Waals surface area contributed by atoms with Crippen LogP contribution in [0.5, 0.6) is 11.5 Å². The molecule has 1 aliphatic heterocycles. The number of nitrogens with zero attached hydrogens (tertiary/aromatic N) is 2. The minimum atomic E-state index is -0.189. The number of carbonyl (C=O) groups is 1. The summed E-state index contributed by atoms with van der Waals surface area (Å²) >= 11 is 6.29. The lowest BCUT2D eigenvalue weighted by Gasteiger charge is -2.12. The highest BCUT2D eigenvalue weighted by molar-refractivity contribution is 6.32. The van der Waals surface area contributed by atoms with Crippen LogP contribution in [-0.2, 0) is 25.3 Å². The number of aryl methyl sites for hydroxylation is 2. The normalized spacial score (nSPS) is 13.4. The van der Waals surface area contributed by atoms with Gasteiger partial charge in [-0.05, 0) is 35.9 Å². The number of anilines is 1. The van der Waals surface area contributed by atoms with Gasteiger partial charge in [0.15, 0.2) is 11.5 Å². The molecule has 7 nitrogen and oxygen atoms in total. The molecule has 1 amide bonds. The molecule has 0 unspecified atom stereocenters. The van der Waals surface area contributed by atoms with Crippen molar-refractivity contribution in [2.45, 2.75) is 12.8 Å². The number of amides is 1. The zero-order valence-corrected chi connectivity index (χ0v) is 16.4. The molecule has 8 heteroatoms. The molecule has 0 spiro atoms. The van der Waals surface area contributed by atoms with Crippen LogP contribution in [0.3, 0.4) is 0 Å². The van der Waals surface area contributed by atoms with Crippen LogP contribution in [0.25, 0.3) is 11.0 Å². The molecule has 1 aliphatic rings. The number of benzene rings is 2. The summed E-state index contributed by atoms with van der Waals surface area (Å²) < 4.78 is 14.4. The molecule has 0 saturated heterocycles. The monoisotopic (exact) mass is 401 g/mol. The highest BCUT2D eigenvalue weighted by Gasteiger charge is 2.17. The molecule has 28 heavy (non-hydrogen) atoms. The van der Waals surface area contributed by atoms with Gasteiger partial charge in [-0.2, -0.15) is 0 Å². The lowest BCUT2D eigenvalue weighted by molar-refractivity contribution is -0.115. The zero-order valence-electron chi connectivity index (χ0n) is 15.6. The number of ether oxygens (including phenoxy) is 2. The molecule has 146 valence electrons. The van der Waals surface area contributed by atoms with Crippen LogP contribution in [0.15, 0.2) is 35.1 Å². The summed E-state index contributed by atoms with van der Waals surface area (Å²) in [6.07, 6.45) is 0.924. The van der Waals surface area contributed by atoms with Crippen LogP contribution in [-0.4, -0.2) is 28.3 Å². The van der Waals surface area contributed by atoms with Crippen molar-refractivity contribution in [2.75, 3.05) is 18.5 Å². The first kappa shape index (κ1) is 18.4. The minimum absolute atomic E-state index is 0.111. The van der Waals surface area contributed by atoms with E-state index in [4.69, 9.17) is 21.1 Å². The fraction of sp³-hybridized carbons (Fsp3) is 0.300. The summed E-state index contributed by atoms with van der Waals surface area (Å²) in [6.45, 7) is 1.10. The maximum Gasteiger partial charge on any atom is 0.328 e. The highest BCUT2D eigenvalue weighted by atomic mass is 35.5. The number of imidazole rings is 1. The molecule has 4 rings (SSSR count). The van der Waals surface area contributed by atoms with Gasteiger partial charge in [0, 0.05) is 26.2 Å². The van der Waals surface area contributed by atoms with E-state index in [9.17, 15) is 9.59 Å². The van der Waals surface area contributed by atoms with Gasteiger partial charge in [-0.1, -0.05) is 11.6 Å². The van der Waals surface area contributed by atoms with Crippen molar-refractivity contribution >= 4 is 34.2 Å². The largest absolute Gasteiger partial charge is 0.489 e. The molecular formula is C20H20ClN3O4. The fourth-order valence-electron chi connectivity index (χ4n) is 3.36. The Balaban J connectivity index is 1.54. The number of carbonyl (C=O) groups excluding carboxylic acids is 1. The van der Waals surface area contributed by atoms with E-state index in [-0.39, 0.29) is 18.0 Å². The van der Waals surface area contributed by atoms with E-state index in [1.54, 1.807) is 47.5 Å². The first-order chi connectivity index (χ1) is 13.4. The molecule has 1 N–H and O–H groups in total. The molecule has 2 heterocycles. The van der Waals surface area contributed by atoms with Gasteiger partial charge in [0.25, 0.3) is 0 Å². The van der Waals surface area contributed by atoms with Gasteiger partial charge in [-0.25, -0.2) is 4.79 Å². The van der Waals surface area contributed by atoms with E-state index in [0.29, 0.717) is 35.4 Å². The number of aromatic nitrogens is 2. The minimum Gasteiger partial charge on any atom is -0.489 e. The summed E-state index contributed by atoms with van der Waals surface area (Å²) in [4.78, 5) is 24.6. The number of halogens is 1. The molecule has 1 aromatic heterocycles. The summed E-state index contributed by atoms with van der Waals surface area (Å²) in [5, 5.41) is 3.30. The zero-order chi connectivity index (χ0) is 19.8. The van der Waals surface area contributed by atoms with E-state index in [1.165, 1.54) is 0 Å². The Morgan fingerprint density at radius 1 is 1.11 bits per heavy atom. The van der Waals surface area contributed by atoms with E-state index in [0.717, 1.165) is 23.0 Å². The SMILES string of the molecule is Cn1c(=O)n(C)c2cc(NC(=O)Cc3cc(Cl)c4c(c3)OCCCO4)ccc21. The number of fused-ring (bicyclic) bond motifs is 2. The third-order valence-electron chi connectivity index (χ3n) is 4.78. The lowest BCUT2D eigenvalue weighted by atomic mass is 10.1. The van der Waals surface area contributed by atoms with Gasteiger partial charge in [0.2, 0.25) is 5.91 Å². The van der Waals surface area contributed by atoms with Gasteiger partial charge < -0.3 is 14.8 Å². The van der Waals surface area contributed by atoms with Crippen molar-refractivity contribution in [2.24, 2.45) is 14.1 Å². The molecule has 0 radical (unpaired) electrons. The average molecular weight is 402 g/mol. The lowest BCUT2D eigenvalue weighted by Crippen LogP contribution is -2.19. The van der Waals surface area contributed by atoms with Crippen LogP contribution in [0.1, 0.15) is 12.0 Å². The number of rotatable bonds is 3. The Bertz CT molecular complexity index is 1130. The third kappa shape index (κ3) is 3.33. The van der Waals surface area contributed by atoms with Crippen molar-refractivity contribution in [1.82, 2.24) is 9.13 Å². The molecular weight excluding hydrogens is 382 g/mol. The second kappa shape index (κ2) is 7.24. The van der Waals surface area contributed by atoms with Gasteiger partial charge in [0.05, 0.1) is 35.7 Å². The summed E-state index contributed by atoms with van der Waals surface area (Å²) in [7, 11) is 3.42. The fourth-order valence-corrected chi connectivity index (χ4v) is 3.65. The topological polar surface area (TPSA) is 74.5 Å². The average Bonchev–Trinajstić information content (AvgIpc) is 2.84. The van der Waals surface area contributed by atoms with Crippen LogP contribution < -0.4 is 20.5 Å². The van der Waals surface area contributed by atoms with E-state index >= 15 is 0 Å². The molecule has 0 fully saturated rings.